The summed E-state index contributed by atoms with van der Waals surface area (Å²) in [5.41, 5.74) is -0.769. The van der Waals surface area contributed by atoms with Gasteiger partial charge in [0.2, 0.25) is 0 Å². The number of aromatic nitrogens is 6. The zero-order valence-electron chi connectivity index (χ0n) is 16.7. The number of imidazole rings is 1. The Morgan fingerprint density at radius 2 is 2.00 bits per heavy atom. The van der Waals surface area contributed by atoms with Gasteiger partial charge in [0.1, 0.15) is 29.3 Å². The van der Waals surface area contributed by atoms with Crippen LogP contribution in [-0.4, -0.2) is 49.8 Å². The van der Waals surface area contributed by atoms with Crippen LogP contribution in [0.3, 0.4) is 0 Å². The smallest absolute Gasteiger partial charge is 0.357 e. The third-order valence-corrected chi connectivity index (χ3v) is 6.40. The van der Waals surface area contributed by atoms with Crippen molar-refractivity contribution in [1.82, 2.24) is 29.1 Å². The normalized spacial score (nSPS) is 12.4. The molecule has 32 heavy (non-hydrogen) atoms. The monoisotopic (exact) mass is 464 g/mol. The van der Waals surface area contributed by atoms with E-state index < -0.39 is 21.6 Å². The van der Waals surface area contributed by atoms with Crippen molar-refractivity contribution in [3.63, 3.8) is 0 Å². The van der Waals surface area contributed by atoms with E-state index in [1.165, 1.54) is 35.3 Å². The fourth-order valence-electron chi connectivity index (χ4n) is 3.19. The second-order valence-corrected chi connectivity index (χ2v) is 8.91. The molecule has 0 atom stereocenters. The largest absolute Gasteiger partial charge is 0.417 e. The van der Waals surface area contributed by atoms with Gasteiger partial charge >= 0.3 is 6.18 Å². The number of hydrogen-bond acceptors (Lipinski definition) is 8. The van der Waals surface area contributed by atoms with Crippen LogP contribution in [-0.2, 0) is 23.1 Å². The average Bonchev–Trinajstić information content (AvgIpc) is 3.30. The Morgan fingerprint density at radius 3 is 2.66 bits per heavy atom. The van der Waals surface area contributed by atoms with Crippen LogP contribution in [0.2, 0.25) is 0 Å². The SMILES string of the molecule is CCS(=O)(=O)c1nn2c(NCC#N)ccnc2c1-c1nc2cc(C(F)(F)F)cnc2n1C. The minimum Gasteiger partial charge on any atom is -0.357 e. The van der Waals surface area contributed by atoms with Crippen molar-refractivity contribution in [2.24, 2.45) is 7.05 Å². The highest BCUT2D eigenvalue weighted by Gasteiger charge is 2.33. The summed E-state index contributed by atoms with van der Waals surface area (Å²) in [5, 5.41) is 15.5. The van der Waals surface area contributed by atoms with Crippen molar-refractivity contribution < 1.29 is 21.6 Å². The number of sulfone groups is 1. The number of nitriles is 1. The van der Waals surface area contributed by atoms with Gasteiger partial charge in [-0.2, -0.15) is 28.0 Å². The summed E-state index contributed by atoms with van der Waals surface area (Å²) in [7, 11) is -2.37. The van der Waals surface area contributed by atoms with Gasteiger partial charge in [-0.1, -0.05) is 6.92 Å². The Hall–Kier alpha value is -3.73. The van der Waals surface area contributed by atoms with E-state index >= 15 is 0 Å². The summed E-state index contributed by atoms with van der Waals surface area (Å²) >= 11 is 0. The summed E-state index contributed by atoms with van der Waals surface area (Å²) in [4.78, 5) is 12.3. The average molecular weight is 464 g/mol. The molecule has 0 radical (unpaired) electrons. The molecular weight excluding hydrogens is 449 g/mol. The second-order valence-electron chi connectivity index (χ2n) is 6.72. The molecule has 0 saturated carbocycles. The van der Waals surface area contributed by atoms with E-state index in [9.17, 15) is 21.6 Å². The van der Waals surface area contributed by atoms with Crippen molar-refractivity contribution >= 4 is 32.5 Å². The van der Waals surface area contributed by atoms with Crippen molar-refractivity contribution in [2.75, 3.05) is 17.6 Å². The first-order valence-electron chi connectivity index (χ1n) is 9.20. The first-order chi connectivity index (χ1) is 15.1. The lowest BCUT2D eigenvalue weighted by molar-refractivity contribution is -0.137. The fourth-order valence-corrected chi connectivity index (χ4v) is 4.17. The van der Waals surface area contributed by atoms with E-state index in [1.807, 2.05) is 6.07 Å². The predicted molar refractivity (Wildman–Crippen MR) is 107 cm³/mol. The van der Waals surface area contributed by atoms with E-state index in [1.54, 1.807) is 0 Å². The van der Waals surface area contributed by atoms with Gasteiger partial charge in [-0.3, -0.25) is 0 Å². The quantitative estimate of drug-likeness (QED) is 0.446. The Balaban J connectivity index is 2.05. The van der Waals surface area contributed by atoms with E-state index in [0.29, 0.717) is 12.0 Å². The number of pyridine rings is 1. The van der Waals surface area contributed by atoms with Gasteiger partial charge in [-0.25, -0.2) is 23.4 Å². The molecule has 0 aliphatic heterocycles. The van der Waals surface area contributed by atoms with Crippen LogP contribution in [0.4, 0.5) is 19.0 Å². The van der Waals surface area contributed by atoms with Crippen LogP contribution >= 0.6 is 0 Å². The van der Waals surface area contributed by atoms with Gasteiger partial charge in [0.25, 0.3) is 0 Å². The molecule has 10 nitrogen and oxygen atoms in total. The van der Waals surface area contributed by atoms with Gasteiger partial charge in [0.15, 0.2) is 26.2 Å². The van der Waals surface area contributed by atoms with Gasteiger partial charge < -0.3 is 9.88 Å². The maximum atomic E-state index is 13.1. The minimum absolute atomic E-state index is 0.0292. The Kier molecular flexibility index (Phi) is 5.00. The predicted octanol–water partition coefficient (Wildman–Crippen LogP) is 2.43. The number of alkyl halides is 3. The van der Waals surface area contributed by atoms with Crippen LogP contribution in [0.5, 0.6) is 0 Å². The van der Waals surface area contributed by atoms with Gasteiger partial charge in [-0.05, 0) is 12.1 Å². The highest BCUT2D eigenvalue weighted by molar-refractivity contribution is 7.91. The Bertz CT molecular complexity index is 1500. The van der Waals surface area contributed by atoms with E-state index in [4.69, 9.17) is 5.26 Å². The molecule has 0 aliphatic rings. The Morgan fingerprint density at radius 1 is 1.25 bits per heavy atom. The Labute approximate surface area is 179 Å². The summed E-state index contributed by atoms with van der Waals surface area (Å²) in [5.74, 6) is 0.0796. The lowest BCUT2D eigenvalue weighted by Gasteiger charge is -2.05. The number of aryl methyl sites for hydroxylation is 1. The van der Waals surface area contributed by atoms with Crippen LogP contribution in [0.1, 0.15) is 12.5 Å². The number of anilines is 1. The number of halogens is 3. The van der Waals surface area contributed by atoms with Crippen molar-refractivity contribution in [3.8, 4) is 17.5 Å². The molecule has 4 aromatic rings. The van der Waals surface area contributed by atoms with E-state index in [2.05, 4.69) is 25.4 Å². The first-order valence-corrected chi connectivity index (χ1v) is 10.8. The lowest BCUT2D eigenvalue weighted by atomic mass is 10.2. The molecule has 0 spiro atoms. The molecule has 1 N–H and O–H groups in total. The van der Waals surface area contributed by atoms with Crippen LogP contribution in [0.15, 0.2) is 29.6 Å². The highest BCUT2D eigenvalue weighted by atomic mass is 32.2. The third-order valence-electron chi connectivity index (χ3n) is 4.77. The molecule has 166 valence electrons. The molecule has 0 aliphatic carbocycles. The summed E-state index contributed by atoms with van der Waals surface area (Å²) < 4.78 is 67.6. The van der Waals surface area contributed by atoms with Crippen LogP contribution < -0.4 is 5.32 Å². The molecule has 0 saturated heterocycles. The number of nitrogens with zero attached hydrogens (tertiary/aromatic N) is 7. The number of nitrogens with one attached hydrogen (secondary N) is 1. The van der Waals surface area contributed by atoms with Crippen molar-refractivity contribution in [3.05, 3.63) is 30.1 Å². The number of fused-ring (bicyclic) bond motifs is 2. The molecule has 4 rings (SSSR count). The van der Waals surface area contributed by atoms with Gasteiger partial charge in [0.05, 0.1) is 17.4 Å². The molecule has 0 aromatic carbocycles. The molecule has 0 unspecified atom stereocenters. The molecule has 0 bridgehead atoms. The maximum absolute atomic E-state index is 13.1. The number of hydrogen-bond donors (Lipinski definition) is 1. The van der Waals surface area contributed by atoms with E-state index in [0.717, 1.165) is 6.07 Å². The zero-order valence-corrected chi connectivity index (χ0v) is 17.5. The summed E-state index contributed by atoms with van der Waals surface area (Å²) in [6.07, 6.45) is -2.52. The van der Waals surface area contributed by atoms with Gasteiger partial charge in [0, 0.05) is 19.4 Å². The first kappa shape index (κ1) is 21.5. The zero-order chi connectivity index (χ0) is 23.3. The molecule has 4 aromatic heterocycles. The topological polar surface area (TPSA) is 131 Å². The highest BCUT2D eigenvalue weighted by Crippen LogP contribution is 2.35. The maximum Gasteiger partial charge on any atom is 0.417 e. The van der Waals surface area contributed by atoms with E-state index in [-0.39, 0.29) is 45.5 Å². The lowest BCUT2D eigenvalue weighted by Crippen LogP contribution is -2.08. The summed E-state index contributed by atoms with van der Waals surface area (Å²) in [6.45, 7) is 1.37. The second kappa shape index (κ2) is 7.45. The minimum atomic E-state index is -4.61. The molecule has 14 heteroatoms. The van der Waals surface area contributed by atoms with Gasteiger partial charge in [-0.15, -0.1) is 0 Å². The van der Waals surface area contributed by atoms with Crippen molar-refractivity contribution in [2.45, 2.75) is 18.1 Å². The van der Waals surface area contributed by atoms with Crippen LogP contribution in [0.25, 0.3) is 28.2 Å². The number of rotatable bonds is 5. The molecular formula is C18H15F3N8O2S. The molecule has 0 fully saturated rings. The van der Waals surface area contributed by atoms with Crippen molar-refractivity contribution in [1.29, 1.82) is 5.26 Å². The fraction of sp³-hybridized carbons (Fsp3) is 0.278. The standard InChI is InChI=1S/C18H15F3N8O2S/c1-3-32(30,31)17-13(15-24-6-4-12(23-7-5-22)29(15)27-17)16-26-11-8-10(18(19,20)21)9-25-14(11)28(16)2/h4,6,8-9,23H,3,7H2,1-2H3. The van der Waals surface area contributed by atoms with Crippen LogP contribution in [0, 0.1) is 11.3 Å². The molecule has 4 heterocycles. The summed E-state index contributed by atoms with van der Waals surface area (Å²) in [6, 6.07) is 4.27. The molecule has 0 amide bonds. The third kappa shape index (κ3) is 3.40.